The number of nitrogens with zero attached hydrogens (tertiary/aromatic N) is 2. The van der Waals surface area contributed by atoms with Gasteiger partial charge in [0.1, 0.15) is 5.65 Å². The Bertz CT molecular complexity index is 496. The van der Waals surface area contributed by atoms with Gasteiger partial charge < -0.3 is 14.8 Å². The van der Waals surface area contributed by atoms with Crippen LogP contribution in [0.1, 0.15) is 45.2 Å². The molecule has 4 heteroatoms. The van der Waals surface area contributed by atoms with E-state index in [9.17, 15) is 5.11 Å². The minimum Gasteiger partial charge on any atom is -0.389 e. The van der Waals surface area contributed by atoms with Crippen molar-refractivity contribution in [1.82, 2.24) is 14.7 Å². The van der Waals surface area contributed by atoms with E-state index >= 15 is 0 Å². The first-order valence-electron chi connectivity index (χ1n) is 7.52. The van der Waals surface area contributed by atoms with E-state index in [1.807, 2.05) is 35.0 Å². The number of aromatic nitrogens is 2. The molecule has 0 fully saturated rings. The zero-order valence-electron chi connectivity index (χ0n) is 12.5. The molecule has 0 saturated heterocycles. The van der Waals surface area contributed by atoms with Gasteiger partial charge in [0, 0.05) is 25.5 Å². The molecule has 2 N–H and O–H groups in total. The number of fused-ring (bicyclic) bond motifs is 1. The zero-order valence-corrected chi connectivity index (χ0v) is 12.5. The maximum Gasteiger partial charge on any atom is 0.137 e. The van der Waals surface area contributed by atoms with Gasteiger partial charge in [-0.3, -0.25) is 0 Å². The van der Waals surface area contributed by atoms with Crippen molar-refractivity contribution in [3.05, 3.63) is 36.3 Å². The molecule has 4 nitrogen and oxygen atoms in total. The molecule has 0 saturated carbocycles. The first-order chi connectivity index (χ1) is 9.67. The second kappa shape index (κ2) is 6.86. The minimum absolute atomic E-state index is 0.581. The molecular formula is C16H25N3O. The Balaban J connectivity index is 1.91. The van der Waals surface area contributed by atoms with Gasteiger partial charge in [-0.05, 0) is 25.0 Å². The van der Waals surface area contributed by atoms with Crippen LogP contribution in [0.2, 0.25) is 0 Å². The first-order valence-corrected chi connectivity index (χ1v) is 7.52. The number of hydrogen-bond acceptors (Lipinski definition) is 3. The van der Waals surface area contributed by atoms with Gasteiger partial charge in [-0.1, -0.05) is 32.8 Å². The monoisotopic (exact) mass is 275 g/mol. The summed E-state index contributed by atoms with van der Waals surface area (Å²) in [4.78, 5) is 4.54. The second-order valence-electron chi connectivity index (χ2n) is 5.53. The van der Waals surface area contributed by atoms with Gasteiger partial charge in [-0.25, -0.2) is 4.98 Å². The van der Waals surface area contributed by atoms with Gasteiger partial charge in [0.25, 0.3) is 0 Å². The Morgan fingerprint density at radius 2 is 2.00 bits per heavy atom. The van der Waals surface area contributed by atoms with E-state index in [-0.39, 0.29) is 0 Å². The van der Waals surface area contributed by atoms with Crippen LogP contribution in [-0.4, -0.2) is 26.6 Å². The molecule has 0 unspecified atom stereocenters. The predicted molar refractivity (Wildman–Crippen MR) is 81.7 cm³/mol. The molecule has 2 rings (SSSR count). The highest BCUT2D eigenvalue weighted by molar-refractivity contribution is 5.39. The molecular weight excluding hydrogens is 250 g/mol. The average molecular weight is 275 g/mol. The summed E-state index contributed by atoms with van der Waals surface area (Å²) in [6.07, 6.45) is 7.73. The molecule has 2 aromatic heterocycles. The Labute approximate surface area is 120 Å². The van der Waals surface area contributed by atoms with Crippen molar-refractivity contribution in [3.8, 4) is 0 Å². The van der Waals surface area contributed by atoms with Gasteiger partial charge in [0.2, 0.25) is 0 Å². The highest BCUT2D eigenvalue weighted by Gasteiger charge is 2.24. The highest BCUT2D eigenvalue weighted by atomic mass is 16.3. The van der Waals surface area contributed by atoms with Gasteiger partial charge in [-0.15, -0.1) is 0 Å². The Kier molecular flexibility index (Phi) is 5.15. The van der Waals surface area contributed by atoms with E-state index in [1.54, 1.807) is 0 Å². The molecule has 0 amide bonds. The number of aliphatic hydroxyl groups is 1. The summed E-state index contributed by atoms with van der Waals surface area (Å²) in [6, 6.07) is 5.97. The fraction of sp³-hybridized carbons (Fsp3) is 0.562. The lowest BCUT2D eigenvalue weighted by Crippen LogP contribution is -2.40. The smallest absolute Gasteiger partial charge is 0.137 e. The Morgan fingerprint density at radius 1 is 1.25 bits per heavy atom. The second-order valence-corrected chi connectivity index (χ2v) is 5.53. The Morgan fingerprint density at radius 3 is 2.65 bits per heavy atom. The quantitative estimate of drug-likeness (QED) is 0.779. The molecule has 2 heterocycles. The molecule has 0 bridgehead atoms. The lowest BCUT2D eigenvalue weighted by Gasteiger charge is -2.27. The normalized spacial score (nSPS) is 12.2. The lowest BCUT2D eigenvalue weighted by atomic mass is 9.93. The molecule has 0 radical (unpaired) electrons. The molecule has 0 aromatic carbocycles. The van der Waals surface area contributed by atoms with E-state index < -0.39 is 5.60 Å². The van der Waals surface area contributed by atoms with Crippen molar-refractivity contribution in [2.75, 3.05) is 6.54 Å². The van der Waals surface area contributed by atoms with Gasteiger partial charge in [0.05, 0.1) is 11.3 Å². The van der Waals surface area contributed by atoms with Crippen LogP contribution in [0.4, 0.5) is 0 Å². The predicted octanol–water partition coefficient (Wildman–Crippen LogP) is 2.76. The maximum absolute atomic E-state index is 10.5. The van der Waals surface area contributed by atoms with Crippen LogP contribution in [0.3, 0.4) is 0 Å². The molecule has 110 valence electrons. The lowest BCUT2D eigenvalue weighted by molar-refractivity contribution is 0.0214. The third-order valence-corrected chi connectivity index (χ3v) is 3.60. The summed E-state index contributed by atoms with van der Waals surface area (Å²) in [5, 5.41) is 13.9. The zero-order chi connectivity index (χ0) is 14.4. The number of imidazole rings is 1. The fourth-order valence-corrected chi connectivity index (χ4v) is 2.73. The summed E-state index contributed by atoms with van der Waals surface area (Å²) >= 11 is 0. The SMILES string of the molecule is CCCC(O)(CCC)CNCc1cn2ccccc2n1. The van der Waals surface area contributed by atoms with E-state index in [1.165, 1.54) is 0 Å². The van der Waals surface area contributed by atoms with Crippen LogP contribution in [0, 0.1) is 0 Å². The molecule has 0 aliphatic rings. The standard InChI is InChI=1S/C16H25N3O/c1-3-8-16(20,9-4-2)13-17-11-14-12-19-10-6-5-7-15(19)18-14/h5-7,10,12,17,20H,3-4,8-9,11,13H2,1-2H3. The van der Waals surface area contributed by atoms with E-state index in [2.05, 4.69) is 24.1 Å². The summed E-state index contributed by atoms with van der Waals surface area (Å²) in [7, 11) is 0. The summed E-state index contributed by atoms with van der Waals surface area (Å²) in [5.41, 5.74) is 1.39. The third kappa shape index (κ3) is 3.81. The van der Waals surface area contributed by atoms with E-state index in [0.717, 1.165) is 37.0 Å². The topological polar surface area (TPSA) is 49.6 Å². The third-order valence-electron chi connectivity index (χ3n) is 3.60. The van der Waals surface area contributed by atoms with Crippen molar-refractivity contribution in [3.63, 3.8) is 0 Å². The van der Waals surface area contributed by atoms with Gasteiger partial charge >= 0.3 is 0 Å². The molecule has 0 atom stereocenters. The number of rotatable bonds is 8. The maximum atomic E-state index is 10.5. The summed E-state index contributed by atoms with van der Waals surface area (Å²) in [6.45, 7) is 5.55. The van der Waals surface area contributed by atoms with Crippen LogP contribution in [0.5, 0.6) is 0 Å². The first kappa shape index (κ1) is 15.0. The molecule has 2 aromatic rings. The van der Waals surface area contributed by atoms with Gasteiger partial charge in [0.15, 0.2) is 0 Å². The minimum atomic E-state index is -0.581. The largest absolute Gasteiger partial charge is 0.389 e. The highest BCUT2D eigenvalue weighted by Crippen LogP contribution is 2.18. The average Bonchev–Trinajstić information content (AvgIpc) is 2.81. The number of hydrogen-bond donors (Lipinski definition) is 2. The summed E-state index contributed by atoms with van der Waals surface area (Å²) in [5.74, 6) is 0. The number of nitrogens with one attached hydrogen (secondary N) is 1. The molecule has 20 heavy (non-hydrogen) atoms. The fourth-order valence-electron chi connectivity index (χ4n) is 2.73. The van der Waals surface area contributed by atoms with E-state index in [4.69, 9.17) is 0 Å². The molecule has 0 spiro atoms. The van der Waals surface area contributed by atoms with Crippen molar-refractivity contribution in [2.45, 2.75) is 51.7 Å². The van der Waals surface area contributed by atoms with Crippen molar-refractivity contribution >= 4 is 5.65 Å². The van der Waals surface area contributed by atoms with Crippen molar-refractivity contribution in [2.24, 2.45) is 0 Å². The van der Waals surface area contributed by atoms with Crippen LogP contribution in [0.15, 0.2) is 30.6 Å². The van der Waals surface area contributed by atoms with Crippen molar-refractivity contribution in [1.29, 1.82) is 0 Å². The molecule has 0 aliphatic carbocycles. The van der Waals surface area contributed by atoms with Crippen LogP contribution in [-0.2, 0) is 6.54 Å². The Hall–Kier alpha value is -1.39. The van der Waals surface area contributed by atoms with Crippen LogP contribution in [0.25, 0.3) is 5.65 Å². The summed E-state index contributed by atoms with van der Waals surface area (Å²) < 4.78 is 2.02. The van der Waals surface area contributed by atoms with Gasteiger partial charge in [-0.2, -0.15) is 0 Å². The number of pyridine rings is 1. The van der Waals surface area contributed by atoms with Crippen LogP contribution < -0.4 is 5.32 Å². The van der Waals surface area contributed by atoms with Crippen LogP contribution >= 0.6 is 0 Å². The van der Waals surface area contributed by atoms with E-state index in [0.29, 0.717) is 13.1 Å². The molecule has 0 aliphatic heterocycles. The van der Waals surface area contributed by atoms with Crippen molar-refractivity contribution < 1.29 is 5.11 Å².